The summed E-state index contributed by atoms with van der Waals surface area (Å²) in [6.45, 7) is 11.8. The summed E-state index contributed by atoms with van der Waals surface area (Å²) in [7, 11) is 1.00. The Morgan fingerprint density at radius 3 is 1.53 bits per heavy atom. The maximum Gasteiger partial charge on any atom is 0.126 e. The molecule has 0 aliphatic heterocycles. The van der Waals surface area contributed by atoms with Crippen LogP contribution in [0, 0.1) is 5.92 Å². The van der Waals surface area contributed by atoms with Crippen molar-refractivity contribution in [3.05, 3.63) is 51.4 Å². The van der Waals surface area contributed by atoms with Gasteiger partial charge in [0.25, 0.3) is 0 Å². The third-order valence-electron chi connectivity index (χ3n) is 2.13. The number of pyridine rings is 2. The van der Waals surface area contributed by atoms with Gasteiger partial charge in [-0.15, -0.1) is 0 Å². The Kier molecular flexibility index (Phi) is 36.2. The van der Waals surface area contributed by atoms with Gasteiger partial charge in [0.05, 0.1) is 7.62 Å². The van der Waals surface area contributed by atoms with E-state index in [9.17, 15) is 4.79 Å². The Hall–Kier alpha value is 2.34. The number of Topliss-reactive ketones (excluding diaryl/α,β-unsaturated/α-hetero) is 1. The quantitative estimate of drug-likeness (QED) is 0.231. The van der Waals surface area contributed by atoms with E-state index in [1.807, 2.05) is 12.4 Å². The molecule has 198 valence electrons. The fourth-order valence-electron chi connectivity index (χ4n) is 1.47. The monoisotopic (exact) mass is 1160 g/mol. The van der Waals surface area contributed by atoms with Crippen molar-refractivity contribution in [1.82, 2.24) is 9.97 Å². The number of nitrogen functional groups attached to an aromatic ring is 1. The first-order valence-corrected chi connectivity index (χ1v) is 17.0. The molecule has 2 heterocycles. The number of aliphatic hydroxyl groups is 1. The average molecular weight is 1170 g/mol. The minimum absolute atomic E-state index is 0.167. The van der Waals surface area contributed by atoms with E-state index >= 15 is 0 Å². The van der Waals surface area contributed by atoms with Crippen molar-refractivity contribution in [3.8, 4) is 0 Å². The number of halogens is 7. The van der Waals surface area contributed by atoms with Crippen molar-refractivity contribution in [3.63, 3.8) is 0 Å². The van der Waals surface area contributed by atoms with Gasteiger partial charge in [-0.25, -0.2) is 0 Å². The van der Waals surface area contributed by atoms with Gasteiger partial charge in [-0.05, 0) is 89.6 Å². The number of alkyl halides is 5. The normalized spacial score (nSPS) is 9.32. The average Bonchev–Trinajstić information content (AvgIpc) is 2.61. The van der Waals surface area contributed by atoms with E-state index in [1.54, 1.807) is 18.5 Å². The molecule has 5 nitrogen and oxygen atoms in total. The molecular formula is C22H34Br2I5N3O2. The fourth-order valence-corrected chi connectivity index (χ4v) is 2.26. The van der Waals surface area contributed by atoms with Crippen molar-refractivity contribution in [2.45, 2.75) is 49.3 Å². The van der Waals surface area contributed by atoms with Gasteiger partial charge in [-0.1, -0.05) is 127 Å². The molecule has 3 N–H and O–H groups in total. The number of ketones is 1. The summed E-state index contributed by atoms with van der Waals surface area (Å²) in [5.74, 6) is 0.867. The molecule has 0 fully saturated rings. The molecule has 0 atom stereocenters. The van der Waals surface area contributed by atoms with Gasteiger partial charge in [-0.2, -0.15) is 0 Å². The number of aliphatic hydroxyl groups excluding tert-OH is 1. The molecule has 0 radical (unpaired) electrons. The van der Waals surface area contributed by atoms with Crippen molar-refractivity contribution >= 4 is 156 Å². The molecule has 0 bridgehead atoms. The van der Waals surface area contributed by atoms with E-state index in [-0.39, 0.29) is 5.78 Å². The van der Waals surface area contributed by atoms with Crippen LogP contribution in [0.15, 0.2) is 45.9 Å². The second kappa shape index (κ2) is 28.4. The molecule has 0 unspecified atom stereocenters. The largest absolute Gasteiger partial charge is 0.400 e. The predicted octanol–water partition coefficient (Wildman–Crippen LogP) is 9.84. The second-order valence-corrected chi connectivity index (χ2v) is 27.4. The smallest absolute Gasteiger partial charge is 0.126 e. The summed E-state index contributed by atoms with van der Waals surface area (Å²) in [4.78, 5) is 17.3. The van der Waals surface area contributed by atoms with Crippen LogP contribution in [0.1, 0.15) is 47.1 Å². The van der Waals surface area contributed by atoms with Crippen LogP contribution >= 0.6 is 145 Å². The van der Waals surface area contributed by atoms with Crippen molar-refractivity contribution in [1.29, 1.82) is 0 Å². The molecule has 0 aliphatic rings. The molecule has 0 amide bonds. The third-order valence-corrected chi connectivity index (χ3v) is 3.00. The Labute approximate surface area is 291 Å². The van der Waals surface area contributed by atoms with Crippen LogP contribution in [0.2, 0.25) is 0 Å². The number of carbonyl (C=O) groups excluding carboxylic acids is 1. The van der Waals surface area contributed by atoms with E-state index in [0.717, 1.165) is 24.4 Å². The maximum absolute atomic E-state index is 9.44. The van der Waals surface area contributed by atoms with E-state index < -0.39 is 0 Å². The molecule has 2 aromatic heterocycles. The first-order valence-electron chi connectivity index (χ1n) is 9.66. The lowest BCUT2D eigenvalue weighted by atomic mass is 10.1. The molecular weight excluding hydrogens is 1130 g/mol. The lowest BCUT2D eigenvalue weighted by Gasteiger charge is -2.03. The van der Waals surface area contributed by atoms with Crippen LogP contribution in [0.25, 0.3) is 0 Å². The summed E-state index contributed by atoms with van der Waals surface area (Å²) in [6, 6.07) is 3.92. The Morgan fingerprint density at radius 2 is 1.29 bits per heavy atom. The number of rotatable bonds is 2. The minimum atomic E-state index is 0.167. The fraction of sp³-hybridized carbons (Fsp3) is 0.500. The van der Waals surface area contributed by atoms with Gasteiger partial charge >= 0.3 is 0 Å². The molecule has 0 aromatic carbocycles. The zero-order chi connectivity index (χ0) is 27.9. The predicted molar refractivity (Wildman–Crippen MR) is 199 cm³/mol. The zero-order valence-corrected chi connectivity index (χ0v) is 34.3. The van der Waals surface area contributed by atoms with Crippen LogP contribution in [-0.4, -0.2) is 29.3 Å². The van der Waals surface area contributed by atoms with Gasteiger partial charge in [-0.3, -0.25) is 9.97 Å². The number of aromatic nitrogens is 2. The van der Waals surface area contributed by atoms with Gasteiger partial charge < -0.3 is 15.6 Å². The van der Waals surface area contributed by atoms with Gasteiger partial charge in [0, 0.05) is 40.8 Å². The van der Waals surface area contributed by atoms with Crippen LogP contribution < -0.4 is 5.73 Å². The number of nitrogens with zero attached hydrogens (tertiary/aromatic N) is 2. The summed E-state index contributed by atoms with van der Waals surface area (Å²) in [5.41, 5.74) is 7.35. The van der Waals surface area contributed by atoms with Crippen molar-refractivity contribution in [2.24, 2.45) is 5.92 Å². The molecule has 0 saturated heterocycles. The molecule has 0 spiro atoms. The Morgan fingerprint density at radius 1 is 0.971 bits per heavy atom. The molecule has 2 aromatic rings. The second-order valence-electron chi connectivity index (χ2n) is 6.75. The molecule has 0 saturated carbocycles. The summed E-state index contributed by atoms with van der Waals surface area (Å²) in [6.07, 6.45) is 8.13. The van der Waals surface area contributed by atoms with Crippen molar-refractivity contribution in [2.75, 3.05) is 12.8 Å². The Bertz CT molecular complexity index is 720. The first-order chi connectivity index (χ1) is 15.4. The Balaban J connectivity index is -0.000000173. The van der Waals surface area contributed by atoms with Gasteiger partial charge in [0.15, 0.2) is 0 Å². The number of carbonyl (C=O) groups is 1. The highest BCUT2D eigenvalue weighted by molar-refractivity contribution is 14.3. The van der Waals surface area contributed by atoms with Gasteiger partial charge in [0.1, 0.15) is 5.22 Å². The number of hydrogen-bond donors (Lipinski definition) is 2. The molecule has 12 heteroatoms. The van der Waals surface area contributed by atoms with Gasteiger partial charge in [0.2, 0.25) is 0 Å². The topological polar surface area (TPSA) is 89.1 Å². The highest BCUT2D eigenvalue weighted by Crippen LogP contribution is 2.33. The number of anilines is 1. The van der Waals surface area contributed by atoms with E-state index in [2.05, 4.69) is 189 Å². The zero-order valence-electron chi connectivity index (χ0n) is 20.3. The molecule has 2 rings (SSSR count). The van der Waals surface area contributed by atoms with Crippen LogP contribution in [0.5, 0.6) is 0 Å². The van der Waals surface area contributed by atoms with Crippen molar-refractivity contribution < 1.29 is 9.90 Å². The summed E-state index contributed by atoms with van der Waals surface area (Å²) in [5, 5.41) is 7.00. The van der Waals surface area contributed by atoms with Crippen LogP contribution in [-0.2, 0) is 11.2 Å². The third kappa shape index (κ3) is 55.0. The highest BCUT2D eigenvalue weighted by atomic mass is 127. The van der Waals surface area contributed by atoms with Crippen LogP contribution in [0.3, 0.4) is 0 Å². The van der Waals surface area contributed by atoms with Crippen LogP contribution in [0.4, 0.5) is 5.69 Å². The lowest BCUT2D eigenvalue weighted by molar-refractivity contribution is -0.114. The SMILES string of the molecule is CC(C)=O.CC(C)Cc1cncc(Br)c1.CC(I)(I)I.CC(I)I.CO.Nc1cncc(Br)c1. The number of nitrogens with two attached hydrogens (primary N) is 1. The highest BCUT2D eigenvalue weighted by Gasteiger charge is 2.04. The summed E-state index contributed by atoms with van der Waals surface area (Å²) < 4.78 is 3.16. The van der Waals surface area contributed by atoms with E-state index in [1.165, 1.54) is 19.4 Å². The molecule has 0 aliphatic carbocycles. The summed E-state index contributed by atoms with van der Waals surface area (Å²) >= 11 is 18.3. The standard InChI is InChI=1S/C9H12BrN.C5H5BrN2.C3H6O.C2H3I3.C2H4I2.CH4O/c1-7(2)3-8-4-9(10)6-11-5-8;6-4-1-5(7)3-8-2-4;1-3(2)4;1-2(3,4)5;1-2(3)4;1-2/h4-7H,3H2,1-2H3;1-3H,7H2;1-2H3;1H3;2H,1H3;2H,1H3. The van der Waals surface area contributed by atoms with E-state index in [4.69, 9.17) is 10.8 Å². The number of hydrogen-bond acceptors (Lipinski definition) is 5. The lowest BCUT2D eigenvalue weighted by Crippen LogP contribution is -1.94. The minimum Gasteiger partial charge on any atom is -0.400 e. The first kappa shape index (κ1) is 43.4. The molecule has 34 heavy (non-hydrogen) atoms. The maximum atomic E-state index is 9.44. The van der Waals surface area contributed by atoms with E-state index in [0.29, 0.717) is 11.0 Å².